The molecule has 0 unspecified atom stereocenters. The highest BCUT2D eigenvalue weighted by Crippen LogP contribution is 2.38. The Bertz CT molecular complexity index is 733. The van der Waals surface area contributed by atoms with Gasteiger partial charge in [-0.3, -0.25) is 4.79 Å². The van der Waals surface area contributed by atoms with E-state index in [9.17, 15) is 9.59 Å². The molecule has 24 heavy (non-hydrogen) atoms. The molecule has 9 heteroatoms. The average molecular weight is 388 g/mol. The molecule has 1 heterocycles. The van der Waals surface area contributed by atoms with Crippen molar-refractivity contribution in [1.82, 2.24) is 0 Å². The molecule has 0 aromatic heterocycles. The second kappa shape index (κ2) is 8.46. The summed E-state index contributed by atoms with van der Waals surface area (Å²) >= 11 is 7.71. The second-order valence-electron chi connectivity index (χ2n) is 4.31. The van der Waals surface area contributed by atoms with Gasteiger partial charge in [0.05, 0.1) is 20.8 Å². The Morgan fingerprint density at radius 2 is 2.12 bits per heavy atom. The Morgan fingerprint density at radius 1 is 1.38 bits per heavy atom. The predicted octanol–water partition coefficient (Wildman–Crippen LogP) is 4.22. The molecule has 128 valence electrons. The zero-order valence-corrected chi connectivity index (χ0v) is 15.5. The molecule has 0 aliphatic carbocycles. The number of carbonyl (C=O) groups excluding carboxylic acids is 2. The Balaban J connectivity index is 2.34. The van der Waals surface area contributed by atoms with Gasteiger partial charge in [0.25, 0.3) is 0 Å². The van der Waals surface area contributed by atoms with Gasteiger partial charge in [-0.2, -0.15) is 0 Å². The lowest BCUT2D eigenvalue weighted by Gasteiger charge is -2.11. The van der Waals surface area contributed by atoms with E-state index in [1.807, 2.05) is 0 Å². The van der Waals surface area contributed by atoms with Crippen LogP contribution < -0.4 is 9.47 Å². The van der Waals surface area contributed by atoms with Crippen molar-refractivity contribution in [3.8, 4) is 11.5 Å². The van der Waals surface area contributed by atoms with E-state index in [0.29, 0.717) is 26.5 Å². The fourth-order valence-corrected chi connectivity index (χ4v) is 3.65. The fraction of sp³-hybridized carbons (Fsp3) is 0.267. The molecular formula is C15H14ClNO5S2. The molecule has 0 bridgehead atoms. The topological polar surface area (TPSA) is 74.2 Å². The maximum absolute atomic E-state index is 12.1. The van der Waals surface area contributed by atoms with Crippen LogP contribution in [0.2, 0.25) is 5.02 Å². The molecule has 0 saturated carbocycles. The molecule has 1 aromatic carbocycles. The minimum atomic E-state index is -0.500. The van der Waals surface area contributed by atoms with E-state index in [4.69, 9.17) is 25.8 Å². The molecule has 0 fully saturated rings. The van der Waals surface area contributed by atoms with Crippen LogP contribution in [-0.4, -0.2) is 35.6 Å². The summed E-state index contributed by atoms with van der Waals surface area (Å²) in [5.41, 5.74) is 0.742. The van der Waals surface area contributed by atoms with Gasteiger partial charge >= 0.3 is 5.30 Å². The van der Waals surface area contributed by atoms with E-state index >= 15 is 0 Å². The van der Waals surface area contributed by atoms with E-state index in [1.165, 1.54) is 14.2 Å². The van der Waals surface area contributed by atoms with Crippen molar-refractivity contribution < 1.29 is 23.8 Å². The number of thioether (sulfide) groups is 2. The standard InChI is InChI=1S/C15H14ClNO5S2/c1-4-22-15(19)24-14-17-10(13(18)23-14)6-8-5-9(16)7-11(20-2)12(8)21-3/h5-7H,4H2,1-3H3/b10-6+. The van der Waals surface area contributed by atoms with E-state index < -0.39 is 5.30 Å². The van der Waals surface area contributed by atoms with E-state index in [2.05, 4.69) is 4.99 Å². The van der Waals surface area contributed by atoms with Gasteiger partial charge in [0.15, 0.2) is 11.5 Å². The van der Waals surface area contributed by atoms with Gasteiger partial charge in [0.1, 0.15) is 10.1 Å². The van der Waals surface area contributed by atoms with Crippen LogP contribution in [0.3, 0.4) is 0 Å². The zero-order valence-electron chi connectivity index (χ0n) is 13.1. The first-order chi connectivity index (χ1) is 11.5. The molecule has 0 spiro atoms. The van der Waals surface area contributed by atoms with Gasteiger partial charge in [0.2, 0.25) is 5.12 Å². The quantitative estimate of drug-likeness (QED) is 0.565. The Hall–Kier alpha value is -1.64. The number of nitrogens with zero attached hydrogens (tertiary/aromatic N) is 1. The Morgan fingerprint density at radius 3 is 2.75 bits per heavy atom. The highest BCUT2D eigenvalue weighted by molar-refractivity contribution is 8.49. The summed E-state index contributed by atoms with van der Waals surface area (Å²) in [5, 5.41) is -0.342. The summed E-state index contributed by atoms with van der Waals surface area (Å²) < 4.78 is 15.7. The number of hydrogen-bond acceptors (Lipinski definition) is 8. The van der Waals surface area contributed by atoms with Crippen molar-refractivity contribution in [3.05, 3.63) is 28.4 Å². The highest BCUT2D eigenvalue weighted by atomic mass is 35.5. The van der Waals surface area contributed by atoms with Gasteiger partial charge in [-0.25, -0.2) is 9.79 Å². The average Bonchev–Trinajstić information content (AvgIpc) is 2.86. The summed E-state index contributed by atoms with van der Waals surface area (Å²) in [4.78, 5) is 27.7. The van der Waals surface area contributed by atoms with Crippen LogP contribution in [0, 0.1) is 0 Å². The van der Waals surface area contributed by atoms with Crippen molar-refractivity contribution in [2.75, 3.05) is 20.8 Å². The number of aliphatic imine (C=N–C) groups is 1. The van der Waals surface area contributed by atoms with E-state index in [-0.39, 0.29) is 17.4 Å². The summed E-state index contributed by atoms with van der Waals surface area (Å²) in [6, 6.07) is 3.25. The smallest absolute Gasteiger partial charge is 0.374 e. The van der Waals surface area contributed by atoms with Crippen molar-refractivity contribution >= 4 is 56.0 Å². The lowest BCUT2D eigenvalue weighted by molar-refractivity contribution is -0.107. The summed E-state index contributed by atoms with van der Waals surface area (Å²) in [6.07, 6.45) is 1.54. The first-order valence-electron chi connectivity index (χ1n) is 6.77. The van der Waals surface area contributed by atoms with Crippen LogP contribution in [0.15, 0.2) is 22.8 Å². The molecule has 2 rings (SSSR count). The SMILES string of the molecule is CCOC(=O)SC1=N/C(=C/c2cc(Cl)cc(OC)c2OC)C(=O)S1. The summed E-state index contributed by atoms with van der Waals surface area (Å²) in [7, 11) is 2.98. The zero-order chi connectivity index (χ0) is 17.7. The lowest BCUT2D eigenvalue weighted by Crippen LogP contribution is -1.98. The predicted molar refractivity (Wildman–Crippen MR) is 97.2 cm³/mol. The maximum atomic E-state index is 12.1. The molecule has 6 nitrogen and oxygen atoms in total. The first kappa shape index (κ1) is 18.7. The number of hydrogen-bond donors (Lipinski definition) is 0. The maximum Gasteiger partial charge on any atom is 0.374 e. The number of carbonyl (C=O) groups is 2. The fourth-order valence-electron chi connectivity index (χ4n) is 1.87. The van der Waals surface area contributed by atoms with Crippen molar-refractivity contribution in [1.29, 1.82) is 0 Å². The van der Waals surface area contributed by atoms with Gasteiger partial charge in [0, 0.05) is 28.4 Å². The van der Waals surface area contributed by atoms with Crippen LogP contribution in [0.5, 0.6) is 11.5 Å². The summed E-state index contributed by atoms with van der Waals surface area (Å²) in [6.45, 7) is 1.97. The van der Waals surface area contributed by atoms with Crippen LogP contribution in [-0.2, 0) is 9.53 Å². The molecule has 0 atom stereocenters. The number of ether oxygens (including phenoxy) is 3. The monoisotopic (exact) mass is 387 g/mol. The minimum absolute atomic E-state index is 0.189. The van der Waals surface area contributed by atoms with Gasteiger partial charge in [-0.15, -0.1) is 0 Å². The summed E-state index contributed by atoms with van der Waals surface area (Å²) in [5.74, 6) is 0.883. The third kappa shape index (κ3) is 4.46. The molecule has 0 saturated heterocycles. The molecule has 1 aromatic rings. The van der Waals surface area contributed by atoms with Crippen LogP contribution in [0.1, 0.15) is 12.5 Å². The molecule has 1 aliphatic rings. The molecule has 1 aliphatic heterocycles. The largest absolute Gasteiger partial charge is 0.493 e. The molecular weight excluding hydrogens is 374 g/mol. The van der Waals surface area contributed by atoms with Crippen LogP contribution >= 0.6 is 35.1 Å². The number of rotatable bonds is 4. The van der Waals surface area contributed by atoms with Crippen molar-refractivity contribution in [3.63, 3.8) is 0 Å². The third-order valence-corrected chi connectivity index (χ3v) is 4.73. The van der Waals surface area contributed by atoms with Gasteiger partial charge < -0.3 is 14.2 Å². The minimum Gasteiger partial charge on any atom is -0.493 e. The highest BCUT2D eigenvalue weighted by Gasteiger charge is 2.26. The number of benzene rings is 1. The van der Waals surface area contributed by atoms with Crippen molar-refractivity contribution in [2.45, 2.75) is 6.92 Å². The van der Waals surface area contributed by atoms with E-state index in [0.717, 1.165) is 23.5 Å². The second-order valence-corrected chi connectivity index (χ2v) is 6.89. The van der Waals surface area contributed by atoms with Crippen LogP contribution in [0.4, 0.5) is 4.79 Å². The first-order valence-corrected chi connectivity index (χ1v) is 8.78. The van der Waals surface area contributed by atoms with Gasteiger partial charge in [-0.05, 0) is 30.8 Å². The number of methoxy groups -OCH3 is 2. The number of halogens is 1. The Kier molecular flexibility index (Phi) is 6.59. The van der Waals surface area contributed by atoms with Crippen molar-refractivity contribution in [2.24, 2.45) is 4.99 Å². The Labute approximate surface area is 152 Å². The van der Waals surface area contributed by atoms with E-state index in [1.54, 1.807) is 25.1 Å². The third-order valence-electron chi connectivity index (χ3n) is 2.80. The molecule has 0 amide bonds. The van der Waals surface area contributed by atoms with Gasteiger partial charge in [-0.1, -0.05) is 11.6 Å². The lowest BCUT2D eigenvalue weighted by atomic mass is 10.1. The molecule has 0 radical (unpaired) electrons. The van der Waals surface area contributed by atoms with Crippen LogP contribution in [0.25, 0.3) is 6.08 Å². The molecule has 0 N–H and O–H groups in total. The normalized spacial score (nSPS) is 15.4.